The van der Waals surface area contributed by atoms with Crippen LogP contribution in [0.25, 0.3) is 0 Å². The van der Waals surface area contributed by atoms with Crippen LogP contribution in [0.3, 0.4) is 0 Å². The van der Waals surface area contributed by atoms with Gasteiger partial charge in [0, 0.05) is 13.1 Å². The molecular weight excluding hydrogens is 206 g/mol. The largest absolute Gasteiger partial charge is 0.507 e. The van der Waals surface area contributed by atoms with Crippen molar-refractivity contribution < 1.29 is 14.6 Å². The summed E-state index contributed by atoms with van der Waals surface area (Å²) in [5.74, 6) is -0.0384. The van der Waals surface area contributed by atoms with Crippen molar-refractivity contribution in [1.29, 1.82) is 0 Å². The summed E-state index contributed by atoms with van der Waals surface area (Å²) in [6.07, 6.45) is 0. The van der Waals surface area contributed by atoms with Crippen LogP contribution in [-0.4, -0.2) is 42.2 Å². The van der Waals surface area contributed by atoms with E-state index in [1.807, 2.05) is 0 Å². The Balaban J connectivity index is 2.22. The van der Waals surface area contributed by atoms with Crippen LogP contribution in [0.1, 0.15) is 15.9 Å². The number of morpholine rings is 1. The number of hydrogen-bond donors (Lipinski definition) is 1. The average molecular weight is 221 g/mol. The smallest absolute Gasteiger partial charge is 0.257 e. The molecule has 0 aromatic heterocycles. The molecule has 0 bridgehead atoms. The highest BCUT2D eigenvalue weighted by atomic mass is 16.5. The second-order valence-corrected chi connectivity index (χ2v) is 3.88. The van der Waals surface area contributed by atoms with Gasteiger partial charge in [-0.1, -0.05) is 12.1 Å². The molecule has 4 nitrogen and oxygen atoms in total. The highest BCUT2D eigenvalue weighted by Crippen LogP contribution is 2.23. The van der Waals surface area contributed by atoms with Gasteiger partial charge in [-0.05, 0) is 18.6 Å². The van der Waals surface area contributed by atoms with Gasteiger partial charge >= 0.3 is 0 Å². The summed E-state index contributed by atoms with van der Waals surface area (Å²) in [5.41, 5.74) is 1.10. The quantitative estimate of drug-likeness (QED) is 0.774. The molecule has 1 heterocycles. The molecule has 0 atom stereocenters. The lowest BCUT2D eigenvalue weighted by Crippen LogP contribution is -2.40. The number of hydrogen-bond acceptors (Lipinski definition) is 3. The van der Waals surface area contributed by atoms with E-state index in [2.05, 4.69) is 0 Å². The zero-order chi connectivity index (χ0) is 11.5. The number of rotatable bonds is 1. The van der Waals surface area contributed by atoms with E-state index >= 15 is 0 Å². The van der Waals surface area contributed by atoms with Gasteiger partial charge in [-0.15, -0.1) is 0 Å². The van der Waals surface area contributed by atoms with Gasteiger partial charge < -0.3 is 14.7 Å². The minimum atomic E-state index is -0.121. The van der Waals surface area contributed by atoms with Crippen LogP contribution >= 0.6 is 0 Å². The second-order valence-electron chi connectivity index (χ2n) is 3.88. The number of aromatic hydroxyl groups is 1. The van der Waals surface area contributed by atoms with Crippen molar-refractivity contribution in [1.82, 2.24) is 4.90 Å². The molecule has 1 N–H and O–H groups in total. The Bertz CT molecular complexity index is 397. The molecule has 1 amide bonds. The molecular formula is C12H15NO3. The predicted octanol–water partition coefficient (Wildman–Crippen LogP) is 1.17. The summed E-state index contributed by atoms with van der Waals surface area (Å²) in [7, 11) is 0. The highest BCUT2D eigenvalue weighted by molar-refractivity contribution is 5.97. The molecule has 0 radical (unpaired) electrons. The summed E-state index contributed by atoms with van der Waals surface area (Å²) in [5, 5.41) is 9.82. The molecule has 0 aliphatic carbocycles. The van der Waals surface area contributed by atoms with E-state index < -0.39 is 0 Å². The Labute approximate surface area is 94.4 Å². The number of amides is 1. The van der Waals surface area contributed by atoms with Crippen LogP contribution in [0.4, 0.5) is 0 Å². The summed E-state index contributed by atoms with van der Waals surface area (Å²) >= 11 is 0. The SMILES string of the molecule is Cc1cccc(C(=O)N2CCOCC2)c1O. The van der Waals surface area contributed by atoms with Crippen LogP contribution in [0, 0.1) is 6.92 Å². The zero-order valence-corrected chi connectivity index (χ0v) is 9.27. The first-order chi connectivity index (χ1) is 7.70. The van der Waals surface area contributed by atoms with Crippen molar-refractivity contribution in [3.8, 4) is 5.75 Å². The van der Waals surface area contributed by atoms with Crippen molar-refractivity contribution in [2.24, 2.45) is 0 Å². The predicted molar refractivity (Wildman–Crippen MR) is 59.6 cm³/mol. The molecule has 1 aliphatic rings. The van der Waals surface area contributed by atoms with E-state index in [1.165, 1.54) is 0 Å². The van der Waals surface area contributed by atoms with Crippen molar-refractivity contribution >= 4 is 5.91 Å². The van der Waals surface area contributed by atoms with Gasteiger partial charge in [-0.25, -0.2) is 0 Å². The Morgan fingerprint density at radius 3 is 2.75 bits per heavy atom. The number of nitrogens with zero attached hydrogens (tertiary/aromatic N) is 1. The van der Waals surface area contributed by atoms with Crippen LogP contribution < -0.4 is 0 Å². The number of carbonyl (C=O) groups excluding carboxylic acids is 1. The molecule has 1 aromatic carbocycles. The second kappa shape index (κ2) is 4.53. The number of carbonyl (C=O) groups is 1. The third kappa shape index (κ3) is 2.02. The summed E-state index contributed by atoms with van der Waals surface area (Å²) < 4.78 is 5.18. The van der Waals surface area contributed by atoms with E-state index in [9.17, 15) is 9.90 Å². The first kappa shape index (κ1) is 11.0. The topological polar surface area (TPSA) is 49.8 Å². The highest BCUT2D eigenvalue weighted by Gasteiger charge is 2.21. The minimum absolute atomic E-state index is 0.0824. The summed E-state index contributed by atoms with van der Waals surface area (Å²) in [4.78, 5) is 13.8. The normalized spacial score (nSPS) is 16.2. The van der Waals surface area contributed by atoms with Crippen molar-refractivity contribution in [3.05, 3.63) is 29.3 Å². The van der Waals surface area contributed by atoms with Crippen LogP contribution in [0.15, 0.2) is 18.2 Å². The fourth-order valence-electron chi connectivity index (χ4n) is 1.77. The number of ether oxygens (including phenoxy) is 1. The van der Waals surface area contributed by atoms with Crippen molar-refractivity contribution in [2.75, 3.05) is 26.3 Å². The number of phenols is 1. The summed E-state index contributed by atoms with van der Waals surface area (Å²) in [6, 6.07) is 5.22. The molecule has 16 heavy (non-hydrogen) atoms. The number of aryl methyl sites for hydroxylation is 1. The molecule has 1 aromatic rings. The lowest BCUT2D eigenvalue weighted by atomic mass is 10.1. The van der Waals surface area contributed by atoms with Crippen molar-refractivity contribution in [3.63, 3.8) is 0 Å². The van der Waals surface area contributed by atoms with Gasteiger partial charge in [-0.3, -0.25) is 4.79 Å². The van der Waals surface area contributed by atoms with E-state index in [4.69, 9.17) is 4.74 Å². The van der Waals surface area contributed by atoms with E-state index in [1.54, 1.807) is 30.0 Å². The lowest BCUT2D eigenvalue weighted by Gasteiger charge is -2.27. The fraction of sp³-hybridized carbons (Fsp3) is 0.417. The standard InChI is InChI=1S/C12H15NO3/c1-9-3-2-4-10(11(9)14)12(15)13-5-7-16-8-6-13/h2-4,14H,5-8H2,1H3. The van der Waals surface area contributed by atoms with Gasteiger partial charge in [0.2, 0.25) is 0 Å². The molecule has 1 fully saturated rings. The molecule has 4 heteroatoms. The third-order valence-corrected chi connectivity index (χ3v) is 2.77. The zero-order valence-electron chi connectivity index (χ0n) is 9.27. The fourth-order valence-corrected chi connectivity index (χ4v) is 1.77. The van der Waals surface area contributed by atoms with Crippen LogP contribution in [0.2, 0.25) is 0 Å². The Hall–Kier alpha value is -1.55. The van der Waals surface area contributed by atoms with E-state index in [-0.39, 0.29) is 11.7 Å². The van der Waals surface area contributed by atoms with Gasteiger partial charge in [0.15, 0.2) is 0 Å². The lowest BCUT2D eigenvalue weighted by molar-refractivity contribution is 0.0301. The molecule has 2 rings (SSSR count). The molecule has 1 saturated heterocycles. The van der Waals surface area contributed by atoms with E-state index in [0.717, 1.165) is 5.56 Å². The van der Waals surface area contributed by atoms with Gasteiger partial charge in [0.25, 0.3) is 5.91 Å². The number of phenolic OH excluding ortho intramolecular Hbond substituents is 1. The van der Waals surface area contributed by atoms with Gasteiger partial charge in [-0.2, -0.15) is 0 Å². The number of benzene rings is 1. The first-order valence-electron chi connectivity index (χ1n) is 5.36. The third-order valence-electron chi connectivity index (χ3n) is 2.77. The first-order valence-corrected chi connectivity index (χ1v) is 5.36. The van der Waals surface area contributed by atoms with E-state index in [0.29, 0.717) is 31.9 Å². The molecule has 0 spiro atoms. The molecule has 1 aliphatic heterocycles. The van der Waals surface area contributed by atoms with Crippen LogP contribution in [0.5, 0.6) is 5.75 Å². The Kier molecular flexibility index (Phi) is 3.10. The minimum Gasteiger partial charge on any atom is -0.507 e. The molecule has 86 valence electrons. The van der Waals surface area contributed by atoms with Gasteiger partial charge in [0.1, 0.15) is 5.75 Å². The Morgan fingerprint density at radius 1 is 1.38 bits per heavy atom. The van der Waals surface area contributed by atoms with Crippen molar-refractivity contribution in [2.45, 2.75) is 6.92 Å². The molecule has 0 unspecified atom stereocenters. The molecule has 0 saturated carbocycles. The Morgan fingerprint density at radius 2 is 2.06 bits per heavy atom. The average Bonchev–Trinajstić information content (AvgIpc) is 2.33. The maximum atomic E-state index is 12.1. The summed E-state index contributed by atoms with van der Waals surface area (Å²) in [6.45, 7) is 4.10. The number of para-hydroxylation sites is 1. The van der Waals surface area contributed by atoms with Gasteiger partial charge in [0.05, 0.1) is 18.8 Å². The maximum Gasteiger partial charge on any atom is 0.257 e. The monoisotopic (exact) mass is 221 g/mol. The van der Waals surface area contributed by atoms with Crippen LogP contribution in [-0.2, 0) is 4.74 Å². The maximum absolute atomic E-state index is 12.1.